The minimum Gasteiger partial charge on any atom is -0.480 e. The number of nitrogens with one attached hydrogen (secondary N) is 2. The highest BCUT2D eigenvalue weighted by atomic mass is 16.4. The number of nitrogens with zero attached hydrogens (tertiary/aromatic N) is 1. The number of para-hydroxylation sites is 1. The van der Waals surface area contributed by atoms with Gasteiger partial charge in [-0.2, -0.15) is 0 Å². The summed E-state index contributed by atoms with van der Waals surface area (Å²) in [5.41, 5.74) is 13.1. The molecule has 10 heteroatoms. The summed E-state index contributed by atoms with van der Waals surface area (Å²) in [5, 5.41) is 12.9. The summed E-state index contributed by atoms with van der Waals surface area (Å²) < 4.78 is 0. The molecule has 0 bridgehead atoms. The van der Waals surface area contributed by atoms with Gasteiger partial charge in [-0.05, 0) is 37.3 Å². The van der Waals surface area contributed by atoms with Crippen LogP contribution in [0.1, 0.15) is 31.2 Å². The van der Waals surface area contributed by atoms with Gasteiger partial charge < -0.3 is 31.8 Å². The van der Waals surface area contributed by atoms with E-state index in [-0.39, 0.29) is 25.8 Å². The maximum absolute atomic E-state index is 13.0. The summed E-state index contributed by atoms with van der Waals surface area (Å²) in [7, 11) is 0. The quantitative estimate of drug-likeness (QED) is 0.371. The fraction of sp³-hybridized carbons (Fsp3) is 0.429. The van der Waals surface area contributed by atoms with Crippen molar-refractivity contribution < 1.29 is 24.3 Å². The molecular weight excluding hydrogens is 402 g/mol. The van der Waals surface area contributed by atoms with E-state index in [0.29, 0.717) is 12.8 Å². The van der Waals surface area contributed by atoms with E-state index in [0.717, 1.165) is 16.5 Å². The fourth-order valence-corrected chi connectivity index (χ4v) is 3.94. The van der Waals surface area contributed by atoms with Crippen molar-refractivity contribution in [3.63, 3.8) is 0 Å². The summed E-state index contributed by atoms with van der Waals surface area (Å²) in [6, 6.07) is 4.67. The van der Waals surface area contributed by atoms with Crippen LogP contribution in [-0.2, 0) is 25.6 Å². The maximum Gasteiger partial charge on any atom is 0.326 e. The van der Waals surface area contributed by atoms with Crippen molar-refractivity contribution in [2.45, 2.75) is 50.2 Å². The molecule has 1 aliphatic heterocycles. The molecule has 3 amide bonds. The molecule has 0 radical (unpaired) electrons. The predicted octanol–water partition coefficient (Wildman–Crippen LogP) is -0.136. The average Bonchev–Trinajstić information content (AvgIpc) is 3.38. The lowest BCUT2D eigenvalue weighted by atomic mass is 10.0. The number of hydrogen-bond acceptors (Lipinski definition) is 5. The van der Waals surface area contributed by atoms with E-state index in [4.69, 9.17) is 11.5 Å². The molecule has 0 unspecified atom stereocenters. The number of H-pyrrole nitrogens is 1. The lowest BCUT2D eigenvalue weighted by Crippen LogP contribution is -2.55. The Bertz CT molecular complexity index is 987. The van der Waals surface area contributed by atoms with E-state index in [1.54, 1.807) is 6.20 Å². The number of fused-ring (bicyclic) bond motifs is 1. The molecule has 166 valence electrons. The zero-order chi connectivity index (χ0) is 22.5. The van der Waals surface area contributed by atoms with Crippen LogP contribution >= 0.6 is 0 Å². The van der Waals surface area contributed by atoms with Gasteiger partial charge in [-0.25, -0.2) is 4.79 Å². The highest BCUT2D eigenvalue weighted by Gasteiger charge is 2.38. The second kappa shape index (κ2) is 9.61. The zero-order valence-corrected chi connectivity index (χ0v) is 17.0. The third-order valence-electron chi connectivity index (χ3n) is 5.57. The van der Waals surface area contributed by atoms with Gasteiger partial charge in [0.05, 0.1) is 6.04 Å². The number of likely N-dealkylation sites (tertiary alicyclic amines) is 1. The van der Waals surface area contributed by atoms with E-state index < -0.39 is 41.8 Å². The first-order valence-electron chi connectivity index (χ1n) is 10.2. The summed E-state index contributed by atoms with van der Waals surface area (Å²) in [5.74, 6) is -2.81. The number of hydrogen-bond donors (Lipinski definition) is 5. The monoisotopic (exact) mass is 429 g/mol. The highest BCUT2D eigenvalue weighted by molar-refractivity contribution is 5.93. The molecule has 3 rings (SSSR count). The molecule has 31 heavy (non-hydrogen) atoms. The number of aromatic nitrogens is 1. The van der Waals surface area contributed by atoms with Crippen LogP contribution in [0.15, 0.2) is 30.5 Å². The number of primary amides is 1. The zero-order valence-electron chi connectivity index (χ0n) is 17.0. The first-order chi connectivity index (χ1) is 14.8. The second-order valence-corrected chi connectivity index (χ2v) is 7.76. The standard InChI is InChI=1S/C21H27N5O5/c22-14(10-12-11-24-15-5-2-1-4-13(12)15)19(28)25-16(7-8-18(23)27)20(29)26-9-3-6-17(26)21(30)31/h1-2,4-5,11,14,16-17,24H,3,6-10,22H2,(H2,23,27)(H,25,28)(H,30,31)/t14-,16-,17-/m0/s1. The van der Waals surface area contributed by atoms with Gasteiger partial charge in [-0.1, -0.05) is 18.2 Å². The summed E-state index contributed by atoms with van der Waals surface area (Å²) in [6.45, 7) is 0.278. The Morgan fingerprint density at radius 1 is 1.26 bits per heavy atom. The van der Waals surface area contributed by atoms with E-state index in [1.807, 2.05) is 24.3 Å². The SMILES string of the molecule is NC(=O)CC[C@H](NC(=O)[C@@H](N)Cc1c[nH]c2ccccc12)C(=O)N1CCC[C@H]1C(=O)O. The minimum atomic E-state index is -1.10. The molecule has 2 aromatic rings. The first kappa shape index (κ1) is 22.3. The third-order valence-corrected chi connectivity index (χ3v) is 5.57. The average molecular weight is 429 g/mol. The van der Waals surface area contributed by atoms with Crippen LogP contribution in [-0.4, -0.2) is 63.4 Å². The number of carbonyl (C=O) groups is 4. The van der Waals surface area contributed by atoms with Crippen molar-refractivity contribution in [3.8, 4) is 0 Å². The van der Waals surface area contributed by atoms with E-state index in [1.165, 1.54) is 4.90 Å². The van der Waals surface area contributed by atoms with Crippen molar-refractivity contribution >= 4 is 34.6 Å². The Morgan fingerprint density at radius 3 is 2.71 bits per heavy atom. The number of carboxylic acid groups (broad SMARTS) is 1. The molecule has 1 aliphatic rings. The predicted molar refractivity (Wildman–Crippen MR) is 113 cm³/mol. The number of carboxylic acids is 1. The van der Waals surface area contributed by atoms with Crippen molar-refractivity contribution in [3.05, 3.63) is 36.0 Å². The van der Waals surface area contributed by atoms with Crippen LogP contribution in [0, 0.1) is 0 Å². The van der Waals surface area contributed by atoms with Gasteiger partial charge >= 0.3 is 5.97 Å². The number of amides is 3. The molecule has 1 saturated heterocycles. The number of benzene rings is 1. The Hall–Kier alpha value is -3.40. The Labute approximate surface area is 178 Å². The van der Waals surface area contributed by atoms with E-state index in [9.17, 15) is 24.3 Å². The molecular formula is C21H27N5O5. The molecule has 7 N–H and O–H groups in total. The van der Waals surface area contributed by atoms with E-state index >= 15 is 0 Å². The Morgan fingerprint density at radius 2 is 2.00 bits per heavy atom. The van der Waals surface area contributed by atoms with Crippen LogP contribution < -0.4 is 16.8 Å². The fourth-order valence-electron chi connectivity index (χ4n) is 3.94. The summed E-state index contributed by atoms with van der Waals surface area (Å²) >= 11 is 0. The van der Waals surface area contributed by atoms with Crippen LogP contribution in [0.3, 0.4) is 0 Å². The molecule has 1 aromatic heterocycles. The van der Waals surface area contributed by atoms with Gasteiger partial charge in [0.25, 0.3) is 0 Å². The van der Waals surface area contributed by atoms with Crippen molar-refractivity contribution in [1.29, 1.82) is 0 Å². The Kier molecular flexibility index (Phi) is 6.91. The number of aliphatic carboxylic acids is 1. The molecule has 0 saturated carbocycles. The van der Waals surface area contributed by atoms with E-state index in [2.05, 4.69) is 10.3 Å². The van der Waals surface area contributed by atoms with Crippen LogP contribution in [0.2, 0.25) is 0 Å². The topological polar surface area (TPSA) is 172 Å². The smallest absolute Gasteiger partial charge is 0.326 e. The number of aromatic amines is 1. The number of rotatable bonds is 9. The number of carbonyl (C=O) groups excluding carboxylic acids is 3. The van der Waals surface area contributed by atoms with Gasteiger partial charge in [0, 0.05) is 30.1 Å². The Balaban J connectivity index is 1.70. The molecule has 0 spiro atoms. The van der Waals surface area contributed by atoms with Crippen molar-refractivity contribution in [1.82, 2.24) is 15.2 Å². The van der Waals surface area contributed by atoms with Gasteiger partial charge in [0.1, 0.15) is 12.1 Å². The third kappa shape index (κ3) is 5.21. The number of nitrogens with two attached hydrogens (primary N) is 2. The molecule has 0 aliphatic carbocycles. The molecule has 2 heterocycles. The van der Waals surface area contributed by atoms with Crippen molar-refractivity contribution in [2.24, 2.45) is 11.5 Å². The van der Waals surface area contributed by atoms with Crippen LogP contribution in [0.5, 0.6) is 0 Å². The van der Waals surface area contributed by atoms with Gasteiger partial charge in [0.15, 0.2) is 0 Å². The van der Waals surface area contributed by atoms with Gasteiger partial charge in [-0.15, -0.1) is 0 Å². The molecule has 1 fully saturated rings. The van der Waals surface area contributed by atoms with Gasteiger partial charge in [-0.3, -0.25) is 14.4 Å². The second-order valence-electron chi connectivity index (χ2n) is 7.76. The molecule has 3 atom stereocenters. The van der Waals surface area contributed by atoms with Crippen LogP contribution in [0.25, 0.3) is 10.9 Å². The van der Waals surface area contributed by atoms with Gasteiger partial charge in [0.2, 0.25) is 17.7 Å². The molecule has 1 aromatic carbocycles. The summed E-state index contributed by atoms with van der Waals surface area (Å²) in [6.07, 6.45) is 2.78. The normalized spacial score (nSPS) is 18.0. The van der Waals surface area contributed by atoms with Crippen LogP contribution in [0.4, 0.5) is 0 Å². The largest absolute Gasteiger partial charge is 0.480 e. The first-order valence-corrected chi connectivity index (χ1v) is 10.2. The molecule has 10 nitrogen and oxygen atoms in total. The lowest BCUT2D eigenvalue weighted by Gasteiger charge is -2.28. The highest BCUT2D eigenvalue weighted by Crippen LogP contribution is 2.21. The summed E-state index contributed by atoms with van der Waals surface area (Å²) in [4.78, 5) is 52.8. The minimum absolute atomic E-state index is 0.0252. The lowest BCUT2D eigenvalue weighted by molar-refractivity contribution is -0.149. The van der Waals surface area contributed by atoms with Crippen molar-refractivity contribution in [2.75, 3.05) is 6.54 Å². The maximum atomic E-state index is 13.0.